The number of hydrogen-bond acceptors (Lipinski definition) is 5. The maximum atomic E-state index is 11.7. The molecular formula is C27H44N2O3. The van der Waals surface area contributed by atoms with Crippen LogP contribution in [-0.2, 0) is 4.74 Å². The number of carbonyl (C=O) groups is 1. The van der Waals surface area contributed by atoms with Gasteiger partial charge in [-0.25, -0.2) is 9.78 Å². The average Bonchev–Trinajstić information content (AvgIpc) is 2.81. The summed E-state index contributed by atoms with van der Waals surface area (Å²) in [6.07, 6.45) is 1.55. The second-order valence-electron chi connectivity index (χ2n) is 7.68. The number of aryl methyl sites for hydroxylation is 1. The van der Waals surface area contributed by atoms with Crippen LogP contribution in [0.3, 0.4) is 0 Å². The summed E-state index contributed by atoms with van der Waals surface area (Å²) in [5.41, 5.74) is 3.88. The molecule has 0 saturated carbocycles. The van der Waals surface area contributed by atoms with Gasteiger partial charge in [-0.3, -0.25) is 0 Å². The summed E-state index contributed by atoms with van der Waals surface area (Å²) in [7, 11) is 1.37. The molecule has 0 radical (unpaired) electrons. The summed E-state index contributed by atoms with van der Waals surface area (Å²) in [6.45, 7) is 22.3. The SMILES string of the molecule is CC.CC.CCN(c1ccc(C(=O)OC)cn1)c1cc(OCC(C)C)c(C(C)C)cc1C. The molecule has 1 aromatic carbocycles. The van der Waals surface area contributed by atoms with Gasteiger partial charge in [-0.05, 0) is 48.9 Å². The predicted octanol–water partition coefficient (Wildman–Crippen LogP) is 7.55. The Morgan fingerprint density at radius 2 is 1.69 bits per heavy atom. The Kier molecular flexibility index (Phi) is 14.1. The topological polar surface area (TPSA) is 51.7 Å². The van der Waals surface area contributed by atoms with Crippen molar-refractivity contribution in [2.24, 2.45) is 5.92 Å². The molecule has 0 amide bonds. The maximum Gasteiger partial charge on any atom is 0.339 e. The fourth-order valence-electron chi connectivity index (χ4n) is 3.06. The van der Waals surface area contributed by atoms with Crippen LogP contribution < -0.4 is 9.64 Å². The number of methoxy groups -OCH3 is 1. The Hall–Kier alpha value is -2.56. The summed E-state index contributed by atoms with van der Waals surface area (Å²) >= 11 is 0. The van der Waals surface area contributed by atoms with Crippen LogP contribution in [0.4, 0.5) is 11.5 Å². The monoisotopic (exact) mass is 444 g/mol. The van der Waals surface area contributed by atoms with Crippen molar-refractivity contribution in [3.63, 3.8) is 0 Å². The van der Waals surface area contributed by atoms with E-state index in [0.717, 1.165) is 23.8 Å². The van der Waals surface area contributed by atoms with E-state index in [1.165, 1.54) is 18.2 Å². The van der Waals surface area contributed by atoms with E-state index in [9.17, 15) is 4.79 Å². The minimum Gasteiger partial charge on any atom is -0.493 e. The van der Waals surface area contributed by atoms with Crippen molar-refractivity contribution in [2.45, 2.75) is 75.2 Å². The van der Waals surface area contributed by atoms with Gasteiger partial charge < -0.3 is 14.4 Å². The van der Waals surface area contributed by atoms with Gasteiger partial charge in [0.25, 0.3) is 0 Å². The molecule has 0 aliphatic heterocycles. The van der Waals surface area contributed by atoms with Crippen molar-refractivity contribution in [3.05, 3.63) is 47.2 Å². The van der Waals surface area contributed by atoms with Crippen molar-refractivity contribution < 1.29 is 14.3 Å². The van der Waals surface area contributed by atoms with Crippen LogP contribution in [0, 0.1) is 12.8 Å². The Labute approximate surface area is 196 Å². The molecule has 0 spiro atoms. The zero-order valence-electron chi connectivity index (χ0n) is 22.1. The van der Waals surface area contributed by atoms with Crippen molar-refractivity contribution >= 4 is 17.5 Å². The first-order valence-electron chi connectivity index (χ1n) is 11.9. The van der Waals surface area contributed by atoms with Crippen molar-refractivity contribution in [2.75, 3.05) is 25.2 Å². The number of aromatic nitrogens is 1. The second kappa shape index (κ2) is 15.3. The lowest BCUT2D eigenvalue weighted by molar-refractivity contribution is 0.0600. The first-order chi connectivity index (χ1) is 15.3. The van der Waals surface area contributed by atoms with Crippen molar-refractivity contribution in [1.82, 2.24) is 4.98 Å². The minimum absolute atomic E-state index is 0.377. The van der Waals surface area contributed by atoms with Crippen LogP contribution >= 0.6 is 0 Å². The fraction of sp³-hybridized carbons (Fsp3) is 0.556. The van der Waals surface area contributed by atoms with Crippen LogP contribution in [0.5, 0.6) is 5.75 Å². The smallest absolute Gasteiger partial charge is 0.339 e. The van der Waals surface area contributed by atoms with E-state index in [2.05, 4.69) is 63.6 Å². The number of ether oxygens (including phenoxy) is 2. The van der Waals surface area contributed by atoms with E-state index >= 15 is 0 Å². The quantitative estimate of drug-likeness (QED) is 0.393. The molecule has 2 rings (SSSR count). The van der Waals surface area contributed by atoms with E-state index in [4.69, 9.17) is 9.47 Å². The highest BCUT2D eigenvalue weighted by Crippen LogP contribution is 2.36. The number of anilines is 2. The molecule has 0 atom stereocenters. The van der Waals surface area contributed by atoms with Gasteiger partial charge in [0.2, 0.25) is 0 Å². The summed E-state index contributed by atoms with van der Waals surface area (Å²) in [5, 5.41) is 0. The summed E-state index contributed by atoms with van der Waals surface area (Å²) in [4.78, 5) is 18.3. The molecule has 0 unspecified atom stereocenters. The van der Waals surface area contributed by atoms with Gasteiger partial charge in [-0.2, -0.15) is 0 Å². The number of esters is 1. The van der Waals surface area contributed by atoms with Gasteiger partial charge in [0.1, 0.15) is 11.6 Å². The van der Waals surface area contributed by atoms with Crippen LogP contribution in [0.1, 0.15) is 89.7 Å². The van der Waals surface area contributed by atoms with Gasteiger partial charge in [-0.15, -0.1) is 0 Å². The Morgan fingerprint density at radius 1 is 1.06 bits per heavy atom. The Morgan fingerprint density at radius 3 is 2.12 bits per heavy atom. The number of hydrogen-bond donors (Lipinski definition) is 0. The second-order valence-corrected chi connectivity index (χ2v) is 7.68. The normalized spacial score (nSPS) is 10.0. The van der Waals surface area contributed by atoms with Crippen molar-refractivity contribution in [1.29, 1.82) is 0 Å². The maximum absolute atomic E-state index is 11.7. The lowest BCUT2D eigenvalue weighted by Gasteiger charge is -2.26. The highest BCUT2D eigenvalue weighted by molar-refractivity contribution is 5.89. The van der Waals surface area contributed by atoms with E-state index < -0.39 is 0 Å². The van der Waals surface area contributed by atoms with Gasteiger partial charge >= 0.3 is 5.97 Å². The van der Waals surface area contributed by atoms with Crippen molar-refractivity contribution in [3.8, 4) is 5.75 Å². The van der Waals surface area contributed by atoms with Gasteiger partial charge in [0.05, 0.1) is 19.3 Å². The Balaban J connectivity index is 0.00000227. The third-order valence-corrected chi connectivity index (χ3v) is 4.58. The Bertz CT molecular complexity index is 799. The molecule has 1 heterocycles. The third kappa shape index (κ3) is 8.18. The van der Waals surface area contributed by atoms with E-state index in [1.807, 2.05) is 33.8 Å². The highest BCUT2D eigenvalue weighted by atomic mass is 16.5. The summed E-state index contributed by atoms with van der Waals surface area (Å²) in [6, 6.07) is 7.92. The van der Waals surface area contributed by atoms with Gasteiger partial charge in [-0.1, -0.05) is 61.5 Å². The molecule has 5 nitrogen and oxygen atoms in total. The molecule has 0 N–H and O–H groups in total. The fourth-order valence-corrected chi connectivity index (χ4v) is 3.06. The number of nitrogens with zero attached hydrogens (tertiary/aromatic N) is 2. The van der Waals surface area contributed by atoms with E-state index in [1.54, 1.807) is 12.3 Å². The molecule has 2 aromatic rings. The number of benzene rings is 1. The predicted molar refractivity (Wildman–Crippen MR) is 137 cm³/mol. The minimum atomic E-state index is -0.385. The largest absolute Gasteiger partial charge is 0.493 e. The molecule has 1 aromatic heterocycles. The molecule has 0 aliphatic carbocycles. The third-order valence-electron chi connectivity index (χ3n) is 4.58. The zero-order valence-corrected chi connectivity index (χ0v) is 22.1. The van der Waals surface area contributed by atoms with Gasteiger partial charge in [0, 0.05) is 24.5 Å². The molecule has 0 aliphatic rings. The molecule has 5 heteroatoms. The standard InChI is InChI=1S/C23H32N2O3.2C2H6/c1-8-25(22-10-9-18(13-24-22)23(26)27-7)20-12-21(28-14-15(2)3)19(16(4)5)11-17(20)6;2*1-2/h9-13,15-16H,8,14H2,1-7H3;2*1-2H3. The van der Waals surface area contributed by atoms with E-state index in [0.29, 0.717) is 24.0 Å². The van der Waals surface area contributed by atoms with Crippen LogP contribution in [0.15, 0.2) is 30.5 Å². The highest BCUT2D eigenvalue weighted by Gasteiger charge is 2.18. The summed E-state index contributed by atoms with van der Waals surface area (Å²) < 4.78 is 10.9. The lowest BCUT2D eigenvalue weighted by atomic mass is 9.98. The molecule has 0 saturated heterocycles. The lowest BCUT2D eigenvalue weighted by Crippen LogP contribution is -2.19. The van der Waals surface area contributed by atoms with Crippen LogP contribution in [0.2, 0.25) is 0 Å². The number of carbonyl (C=O) groups excluding carboxylic acids is 1. The number of pyridine rings is 1. The molecule has 180 valence electrons. The molecule has 32 heavy (non-hydrogen) atoms. The first-order valence-corrected chi connectivity index (χ1v) is 11.9. The van der Waals surface area contributed by atoms with E-state index in [-0.39, 0.29) is 5.97 Å². The summed E-state index contributed by atoms with van der Waals surface area (Å²) in [5.74, 6) is 2.16. The number of rotatable bonds is 8. The molecule has 0 bridgehead atoms. The molecular weight excluding hydrogens is 400 g/mol. The van der Waals surface area contributed by atoms with Crippen LogP contribution in [-0.4, -0.2) is 31.2 Å². The van der Waals surface area contributed by atoms with Crippen LogP contribution in [0.25, 0.3) is 0 Å². The zero-order chi connectivity index (χ0) is 24.8. The molecule has 0 fully saturated rings. The first kappa shape index (κ1) is 29.4. The average molecular weight is 445 g/mol. The van der Waals surface area contributed by atoms with Gasteiger partial charge in [0.15, 0.2) is 0 Å².